The van der Waals surface area contributed by atoms with E-state index in [1.807, 2.05) is 40.9 Å². The fourth-order valence-corrected chi connectivity index (χ4v) is 16.1. The van der Waals surface area contributed by atoms with Gasteiger partial charge in [0.15, 0.2) is 0 Å². The number of thiophene rings is 2. The van der Waals surface area contributed by atoms with Gasteiger partial charge < -0.3 is 9.13 Å². The maximum atomic E-state index is 12.5. The van der Waals surface area contributed by atoms with Crippen LogP contribution in [0, 0.1) is 17.9 Å². The summed E-state index contributed by atoms with van der Waals surface area (Å²) in [7, 11) is 0. The van der Waals surface area contributed by atoms with E-state index < -0.39 is 0 Å². The molecule has 0 atom stereocenters. The number of nitriles is 1. The Morgan fingerprint density at radius 2 is 0.762 bits per heavy atom. The Hall–Kier alpha value is -10.3. The molecular weight excluding hydrogens is 1010 g/mol. The predicted molar refractivity (Wildman–Crippen MR) is 340 cm³/mol. The quantitative estimate of drug-likeness (QED) is 0.121. The number of aromatic nitrogens is 2. The molecule has 4 nitrogen and oxygen atoms in total. The fourth-order valence-electron chi connectivity index (χ4n) is 13.5. The Morgan fingerprint density at radius 1 is 0.362 bits per heavy atom. The fraction of sp³-hybridized carbons (Fsp3) is 0. The average molecular weight is 1050 g/mol. The van der Waals surface area contributed by atoms with E-state index in [0.29, 0.717) is 16.8 Å². The standard InChI is InChI=1S/C74H40N4S2/c1-76-68-62(45-26-10-4-11-27-45)57(42-75)69(63(46-28-12-5-13-29-46)72(68)77-58-36-20-34-49-47-30-14-15-31-48(47)50-35-21-37-59(77)67(50)66(49)58)78-70-55(40-53(43-22-6-2-7-23-43)64-51-32-16-18-38-60(51)79-73(64)70)56-41-54(44-24-8-3-9-25-44)65-52-33-17-19-39-61(52)80-74(65)71(56)78/h2-41H. The Morgan fingerprint density at radius 3 is 1.21 bits per heavy atom. The number of hydrogen-bond donors (Lipinski definition) is 0. The van der Waals surface area contributed by atoms with E-state index in [1.165, 1.54) is 41.7 Å². The molecule has 0 N–H and O–H groups in total. The molecule has 0 amide bonds. The van der Waals surface area contributed by atoms with Gasteiger partial charge in [0.2, 0.25) is 5.69 Å². The highest BCUT2D eigenvalue weighted by molar-refractivity contribution is 7.27. The minimum absolute atomic E-state index is 0.416. The highest BCUT2D eigenvalue weighted by atomic mass is 32.1. The van der Waals surface area contributed by atoms with Gasteiger partial charge in [-0.05, 0) is 91.3 Å². The van der Waals surface area contributed by atoms with Crippen LogP contribution in [0.1, 0.15) is 5.56 Å². The molecule has 13 aromatic carbocycles. The van der Waals surface area contributed by atoms with E-state index >= 15 is 0 Å². The molecular formula is C74H40N4S2. The lowest BCUT2D eigenvalue weighted by Gasteiger charge is -2.26. The lowest BCUT2D eigenvalue weighted by Crippen LogP contribution is -2.09. The van der Waals surface area contributed by atoms with E-state index in [2.05, 4.69) is 245 Å². The van der Waals surface area contributed by atoms with Gasteiger partial charge in [-0.15, -0.1) is 22.7 Å². The number of rotatable bonds is 6. The summed E-state index contributed by atoms with van der Waals surface area (Å²) in [5.41, 5.74) is 14.0. The molecule has 368 valence electrons. The summed E-state index contributed by atoms with van der Waals surface area (Å²) in [6.45, 7) is 9.58. The van der Waals surface area contributed by atoms with Gasteiger partial charge in [-0.2, -0.15) is 5.26 Å². The van der Waals surface area contributed by atoms with Crippen molar-refractivity contribution in [2.75, 3.05) is 0 Å². The summed E-state index contributed by atoms with van der Waals surface area (Å²) in [6.07, 6.45) is 0. The summed E-state index contributed by atoms with van der Waals surface area (Å²) in [4.78, 5) is 4.68. The third kappa shape index (κ3) is 6.06. The van der Waals surface area contributed by atoms with Crippen LogP contribution in [0.25, 0.3) is 166 Å². The largest absolute Gasteiger partial charge is 0.318 e. The normalized spacial score (nSPS) is 12.0. The molecule has 17 rings (SSSR count). The zero-order valence-corrected chi connectivity index (χ0v) is 44.3. The number of nitrogens with zero attached hydrogens (tertiary/aromatic N) is 4. The average Bonchev–Trinajstić information content (AvgIpc) is 4.33. The van der Waals surface area contributed by atoms with Crippen molar-refractivity contribution in [3.63, 3.8) is 0 Å². The lowest BCUT2D eigenvalue weighted by atomic mass is 9.88. The van der Waals surface area contributed by atoms with Crippen molar-refractivity contribution in [3.8, 4) is 62.0 Å². The molecule has 0 radical (unpaired) electrons. The van der Waals surface area contributed by atoms with Gasteiger partial charge in [-0.1, -0.05) is 206 Å². The van der Waals surface area contributed by atoms with Crippen molar-refractivity contribution in [2.45, 2.75) is 0 Å². The van der Waals surface area contributed by atoms with Crippen LogP contribution in [0.4, 0.5) is 5.69 Å². The van der Waals surface area contributed by atoms with Crippen LogP contribution in [-0.4, -0.2) is 9.13 Å². The molecule has 0 bridgehead atoms. The zero-order chi connectivity index (χ0) is 52.7. The van der Waals surface area contributed by atoms with Crippen LogP contribution in [-0.2, 0) is 0 Å². The molecule has 4 aromatic heterocycles. The van der Waals surface area contributed by atoms with Gasteiger partial charge in [0, 0.05) is 63.6 Å². The second-order valence-corrected chi connectivity index (χ2v) is 22.8. The first-order chi connectivity index (χ1) is 39.7. The van der Waals surface area contributed by atoms with Crippen LogP contribution in [0.2, 0.25) is 0 Å². The summed E-state index contributed by atoms with van der Waals surface area (Å²) in [5, 5.41) is 26.4. The van der Waals surface area contributed by atoms with Crippen LogP contribution in [0.5, 0.6) is 0 Å². The van der Waals surface area contributed by atoms with E-state index in [9.17, 15) is 11.8 Å². The predicted octanol–water partition coefficient (Wildman–Crippen LogP) is 21.5. The topological polar surface area (TPSA) is 38.0 Å². The van der Waals surface area contributed by atoms with Crippen molar-refractivity contribution in [1.29, 1.82) is 5.26 Å². The summed E-state index contributed by atoms with van der Waals surface area (Å²) < 4.78 is 9.49. The van der Waals surface area contributed by atoms with Gasteiger partial charge in [-0.25, -0.2) is 4.85 Å². The zero-order valence-electron chi connectivity index (χ0n) is 42.7. The third-order valence-electron chi connectivity index (χ3n) is 16.7. The Bertz CT molecular complexity index is 5280. The summed E-state index contributed by atoms with van der Waals surface area (Å²) >= 11 is 3.63. The third-order valence-corrected chi connectivity index (χ3v) is 19.1. The molecule has 0 aliphatic heterocycles. The molecule has 4 heterocycles. The molecule has 0 aliphatic rings. The van der Waals surface area contributed by atoms with Gasteiger partial charge >= 0.3 is 0 Å². The number of fused-ring (bicyclic) bond motifs is 14. The maximum absolute atomic E-state index is 12.5. The smallest absolute Gasteiger partial charge is 0.220 e. The molecule has 17 aromatic rings. The highest BCUT2D eigenvalue weighted by Gasteiger charge is 2.34. The number of hydrogen-bond acceptors (Lipinski definition) is 3. The first-order valence-corrected chi connectivity index (χ1v) is 28.5. The van der Waals surface area contributed by atoms with Crippen molar-refractivity contribution in [1.82, 2.24) is 9.13 Å². The molecule has 0 saturated heterocycles. The highest BCUT2D eigenvalue weighted by Crippen LogP contribution is 2.57. The molecule has 0 saturated carbocycles. The monoisotopic (exact) mass is 1050 g/mol. The second kappa shape index (κ2) is 17.1. The van der Waals surface area contributed by atoms with Gasteiger partial charge in [0.25, 0.3) is 0 Å². The van der Waals surface area contributed by atoms with E-state index in [4.69, 9.17) is 0 Å². The van der Waals surface area contributed by atoms with Crippen LogP contribution < -0.4 is 0 Å². The van der Waals surface area contributed by atoms with Crippen molar-refractivity contribution >= 4 is 134 Å². The molecule has 0 spiro atoms. The number of benzene rings is 13. The summed E-state index contributed by atoms with van der Waals surface area (Å²) in [5.74, 6) is 0. The van der Waals surface area contributed by atoms with E-state index in [1.54, 1.807) is 0 Å². The molecule has 0 fully saturated rings. The Balaban J connectivity index is 1.19. The van der Waals surface area contributed by atoms with E-state index in [-0.39, 0.29) is 0 Å². The van der Waals surface area contributed by atoms with Crippen molar-refractivity contribution in [2.24, 2.45) is 0 Å². The summed E-state index contributed by atoms with van der Waals surface area (Å²) in [6, 6.07) is 89.7. The molecule has 80 heavy (non-hydrogen) atoms. The Labute approximate surface area is 466 Å². The molecule has 6 heteroatoms. The first-order valence-electron chi connectivity index (χ1n) is 26.8. The molecule has 0 aliphatic carbocycles. The minimum Gasteiger partial charge on any atom is -0.318 e. The van der Waals surface area contributed by atoms with Crippen molar-refractivity contribution in [3.05, 3.63) is 260 Å². The SMILES string of the molecule is [C-]#[N+]c1c(-c2ccccc2)c(C#N)c(-n2c3c(cc(-c4ccccc4)c4c5ccccc5sc43)c3cc(-c4ccccc4)c4c5ccccc5sc4c32)c(-c2ccccc2)c1-n1c2cccc3c4ccccc4c4cccc1c4c32. The second-order valence-electron chi connectivity index (χ2n) is 20.7. The van der Waals surface area contributed by atoms with Gasteiger partial charge in [-0.3, -0.25) is 0 Å². The lowest BCUT2D eigenvalue weighted by molar-refractivity contribution is 1.14. The first kappa shape index (κ1) is 44.8. The molecule has 0 unspecified atom stereocenters. The van der Waals surface area contributed by atoms with Gasteiger partial charge in [0.1, 0.15) is 6.07 Å². The maximum Gasteiger partial charge on any atom is 0.220 e. The van der Waals surface area contributed by atoms with Crippen LogP contribution >= 0.6 is 22.7 Å². The van der Waals surface area contributed by atoms with Crippen molar-refractivity contribution < 1.29 is 0 Å². The van der Waals surface area contributed by atoms with Crippen LogP contribution in [0.3, 0.4) is 0 Å². The Kier molecular flexibility index (Phi) is 9.55. The van der Waals surface area contributed by atoms with Crippen LogP contribution in [0.15, 0.2) is 243 Å². The van der Waals surface area contributed by atoms with E-state index in [0.717, 1.165) is 114 Å². The van der Waals surface area contributed by atoms with Gasteiger partial charge in [0.05, 0.1) is 55.0 Å². The minimum atomic E-state index is 0.416.